The lowest BCUT2D eigenvalue weighted by Gasteiger charge is -2.20. The Balaban J connectivity index is 1.41. The SMILES string of the molecule is CCc1ccc2nc(N(Cc3ccccc3)C(=O)COc3ccc4ccccc4c3)sc2c1. The minimum absolute atomic E-state index is 0.0543. The Morgan fingerprint density at radius 1 is 0.879 bits per heavy atom. The van der Waals surface area contributed by atoms with Crippen molar-refractivity contribution in [2.45, 2.75) is 19.9 Å². The lowest BCUT2D eigenvalue weighted by molar-refractivity contribution is -0.120. The van der Waals surface area contributed by atoms with Crippen LogP contribution in [0.25, 0.3) is 21.0 Å². The molecule has 0 radical (unpaired) electrons. The molecule has 0 aliphatic heterocycles. The Labute approximate surface area is 197 Å². The first-order chi connectivity index (χ1) is 16.2. The fourth-order valence-electron chi connectivity index (χ4n) is 3.80. The summed E-state index contributed by atoms with van der Waals surface area (Å²) < 4.78 is 7.00. The molecule has 0 saturated carbocycles. The quantitative estimate of drug-likeness (QED) is 0.278. The number of carbonyl (C=O) groups excluding carboxylic acids is 1. The number of benzene rings is 4. The first kappa shape index (κ1) is 21.2. The van der Waals surface area contributed by atoms with Crippen molar-refractivity contribution in [3.8, 4) is 5.75 Å². The molecule has 0 saturated heterocycles. The number of ether oxygens (including phenoxy) is 1. The van der Waals surface area contributed by atoms with Crippen molar-refractivity contribution >= 4 is 43.4 Å². The number of thiazole rings is 1. The predicted molar refractivity (Wildman–Crippen MR) is 136 cm³/mol. The third-order valence-electron chi connectivity index (χ3n) is 5.65. The monoisotopic (exact) mass is 452 g/mol. The average molecular weight is 453 g/mol. The van der Waals surface area contributed by atoms with Crippen molar-refractivity contribution < 1.29 is 9.53 Å². The molecule has 0 atom stereocenters. The van der Waals surface area contributed by atoms with Crippen LogP contribution >= 0.6 is 11.3 Å². The average Bonchev–Trinajstić information content (AvgIpc) is 3.29. The molecule has 1 heterocycles. The fraction of sp³-hybridized carbons (Fsp3) is 0.143. The molecule has 0 unspecified atom stereocenters. The number of hydrogen-bond acceptors (Lipinski definition) is 4. The Morgan fingerprint density at radius 3 is 2.48 bits per heavy atom. The van der Waals surface area contributed by atoms with Crippen LogP contribution in [-0.2, 0) is 17.8 Å². The number of anilines is 1. The lowest BCUT2D eigenvalue weighted by atomic mass is 10.1. The van der Waals surface area contributed by atoms with Gasteiger partial charge in [0.25, 0.3) is 5.91 Å². The third-order valence-corrected chi connectivity index (χ3v) is 6.69. The van der Waals surface area contributed by atoms with Gasteiger partial charge >= 0.3 is 0 Å². The Kier molecular flexibility index (Phi) is 6.05. The van der Waals surface area contributed by atoms with Gasteiger partial charge in [0.05, 0.1) is 16.8 Å². The molecule has 33 heavy (non-hydrogen) atoms. The predicted octanol–water partition coefficient (Wildman–Crippen LogP) is 6.62. The van der Waals surface area contributed by atoms with Crippen molar-refractivity contribution in [1.29, 1.82) is 0 Å². The topological polar surface area (TPSA) is 42.4 Å². The molecule has 5 aromatic rings. The van der Waals surface area contributed by atoms with Gasteiger partial charge in [-0.2, -0.15) is 0 Å². The summed E-state index contributed by atoms with van der Waals surface area (Å²) in [5.74, 6) is 0.556. The minimum atomic E-state index is -0.123. The van der Waals surface area contributed by atoms with E-state index in [1.807, 2.05) is 72.8 Å². The summed E-state index contributed by atoms with van der Waals surface area (Å²) in [5.41, 5.74) is 3.22. The molecule has 0 aliphatic carbocycles. The second-order valence-corrected chi connectivity index (χ2v) is 8.92. The van der Waals surface area contributed by atoms with Gasteiger partial charge in [-0.1, -0.05) is 85.0 Å². The molecule has 5 rings (SSSR count). The van der Waals surface area contributed by atoms with Crippen LogP contribution < -0.4 is 9.64 Å². The van der Waals surface area contributed by atoms with Gasteiger partial charge in [-0.05, 0) is 52.6 Å². The highest BCUT2D eigenvalue weighted by Crippen LogP contribution is 2.31. The standard InChI is InChI=1S/C28H24N2O2S/c1-2-20-12-15-25-26(16-20)33-28(29-25)30(18-21-8-4-3-5-9-21)27(31)19-32-24-14-13-22-10-6-7-11-23(22)17-24/h3-17H,2,18-19H2,1H3. The van der Waals surface area contributed by atoms with Crippen molar-refractivity contribution in [3.05, 3.63) is 102 Å². The molecule has 4 nitrogen and oxygen atoms in total. The minimum Gasteiger partial charge on any atom is -0.484 e. The first-order valence-corrected chi connectivity index (χ1v) is 11.9. The number of fused-ring (bicyclic) bond motifs is 2. The third kappa shape index (κ3) is 4.73. The zero-order chi connectivity index (χ0) is 22.6. The van der Waals surface area contributed by atoms with Crippen molar-refractivity contribution in [3.63, 3.8) is 0 Å². The van der Waals surface area contributed by atoms with Crippen LogP contribution in [0.2, 0.25) is 0 Å². The van der Waals surface area contributed by atoms with Gasteiger partial charge in [-0.15, -0.1) is 0 Å². The summed E-state index contributed by atoms with van der Waals surface area (Å²) in [6, 6.07) is 30.3. The van der Waals surface area contributed by atoms with Gasteiger partial charge in [-0.3, -0.25) is 9.69 Å². The van der Waals surface area contributed by atoms with Gasteiger partial charge in [0.1, 0.15) is 5.75 Å². The molecular formula is C28H24N2O2S. The van der Waals surface area contributed by atoms with E-state index in [2.05, 4.69) is 25.1 Å². The van der Waals surface area contributed by atoms with Gasteiger partial charge in [-0.25, -0.2) is 4.98 Å². The number of rotatable bonds is 7. The zero-order valence-electron chi connectivity index (χ0n) is 18.4. The molecule has 5 heteroatoms. The summed E-state index contributed by atoms with van der Waals surface area (Å²) in [6.45, 7) is 2.53. The van der Waals surface area contributed by atoms with E-state index >= 15 is 0 Å². The highest BCUT2D eigenvalue weighted by Gasteiger charge is 2.21. The van der Waals surface area contributed by atoms with Crippen LogP contribution in [0.1, 0.15) is 18.1 Å². The summed E-state index contributed by atoms with van der Waals surface area (Å²) >= 11 is 1.54. The largest absolute Gasteiger partial charge is 0.484 e. The van der Waals surface area contributed by atoms with E-state index in [1.165, 1.54) is 5.56 Å². The summed E-state index contributed by atoms with van der Waals surface area (Å²) in [6.07, 6.45) is 0.968. The van der Waals surface area contributed by atoms with Crippen LogP contribution in [0, 0.1) is 0 Å². The molecular weight excluding hydrogens is 428 g/mol. The highest BCUT2D eigenvalue weighted by atomic mass is 32.1. The molecule has 1 amide bonds. The number of aromatic nitrogens is 1. The van der Waals surface area contributed by atoms with Crippen molar-refractivity contribution in [2.75, 3.05) is 11.5 Å². The second-order valence-electron chi connectivity index (χ2n) is 7.92. The maximum Gasteiger partial charge on any atom is 0.267 e. The molecule has 0 fully saturated rings. The molecule has 1 aromatic heterocycles. The molecule has 0 aliphatic rings. The summed E-state index contributed by atoms with van der Waals surface area (Å²) in [5, 5.41) is 2.92. The van der Waals surface area contributed by atoms with Crippen LogP contribution in [0.3, 0.4) is 0 Å². The number of aryl methyl sites for hydroxylation is 1. The number of nitrogens with zero attached hydrogens (tertiary/aromatic N) is 2. The maximum atomic E-state index is 13.4. The number of amides is 1. The van der Waals surface area contributed by atoms with Crippen LogP contribution in [-0.4, -0.2) is 17.5 Å². The number of hydrogen-bond donors (Lipinski definition) is 0. The molecule has 0 spiro atoms. The summed E-state index contributed by atoms with van der Waals surface area (Å²) in [7, 11) is 0. The van der Waals surface area contributed by atoms with E-state index in [-0.39, 0.29) is 12.5 Å². The van der Waals surface area contributed by atoms with E-state index in [0.29, 0.717) is 17.4 Å². The van der Waals surface area contributed by atoms with Crippen molar-refractivity contribution in [1.82, 2.24) is 4.98 Å². The smallest absolute Gasteiger partial charge is 0.267 e. The van der Waals surface area contributed by atoms with Gasteiger partial charge in [0.15, 0.2) is 11.7 Å². The molecule has 4 aromatic carbocycles. The Morgan fingerprint density at radius 2 is 1.67 bits per heavy atom. The Hall–Kier alpha value is -3.70. The van der Waals surface area contributed by atoms with E-state index in [0.717, 1.165) is 33.0 Å². The summed E-state index contributed by atoms with van der Waals surface area (Å²) in [4.78, 5) is 19.9. The van der Waals surface area contributed by atoms with E-state index < -0.39 is 0 Å². The molecule has 0 N–H and O–H groups in total. The normalized spacial score (nSPS) is 11.1. The number of carbonyl (C=O) groups is 1. The van der Waals surface area contributed by atoms with E-state index in [4.69, 9.17) is 9.72 Å². The van der Waals surface area contributed by atoms with Gasteiger partial charge < -0.3 is 4.74 Å². The highest BCUT2D eigenvalue weighted by molar-refractivity contribution is 7.22. The zero-order valence-corrected chi connectivity index (χ0v) is 19.2. The maximum absolute atomic E-state index is 13.4. The van der Waals surface area contributed by atoms with Crippen molar-refractivity contribution in [2.24, 2.45) is 0 Å². The molecule has 0 bridgehead atoms. The van der Waals surface area contributed by atoms with E-state index in [1.54, 1.807) is 16.2 Å². The Bertz CT molecular complexity index is 1410. The van der Waals surface area contributed by atoms with Crippen LogP contribution in [0.5, 0.6) is 5.75 Å². The van der Waals surface area contributed by atoms with Crippen LogP contribution in [0.4, 0.5) is 5.13 Å². The van der Waals surface area contributed by atoms with Gasteiger partial charge in [0.2, 0.25) is 0 Å². The lowest BCUT2D eigenvalue weighted by Crippen LogP contribution is -2.34. The van der Waals surface area contributed by atoms with Crippen LogP contribution in [0.15, 0.2) is 91.0 Å². The van der Waals surface area contributed by atoms with Gasteiger partial charge in [0, 0.05) is 0 Å². The second kappa shape index (κ2) is 9.43. The fourth-order valence-corrected chi connectivity index (χ4v) is 4.85. The van der Waals surface area contributed by atoms with E-state index in [9.17, 15) is 4.79 Å². The molecule has 164 valence electrons. The first-order valence-electron chi connectivity index (χ1n) is 11.0.